The summed E-state index contributed by atoms with van der Waals surface area (Å²) >= 11 is 5.44. The van der Waals surface area contributed by atoms with E-state index in [-0.39, 0.29) is 18.3 Å². The van der Waals surface area contributed by atoms with Crippen molar-refractivity contribution in [1.29, 1.82) is 0 Å². The Hall–Kier alpha value is -0.600. The molecular weight excluding hydrogens is 167 g/mol. The Bertz CT molecular complexity index is 250. The monoisotopic (exact) mass is 174 g/mol. The highest BCUT2D eigenvalue weighted by Crippen LogP contribution is 2.12. The summed E-state index contributed by atoms with van der Waals surface area (Å²) in [6.07, 6.45) is 0. The highest BCUT2D eigenvalue weighted by molar-refractivity contribution is 6.17. The van der Waals surface area contributed by atoms with Crippen LogP contribution in [-0.4, -0.2) is 5.11 Å². The van der Waals surface area contributed by atoms with E-state index in [1.807, 2.05) is 0 Å². The summed E-state index contributed by atoms with van der Waals surface area (Å²) in [6, 6.07) is 4.40. The number of alkyl halides is 1. The van der Waals surface area contributed by atoms with Crippen molar-refractivity contribution >= 4 is 11.6 Å². The molecule has 0 atom stereocenters. The number of aliphatic hydroxyl groups is 1. The van der Waals surface area contributed by atoms with Crippen LogP contribution in [0.1, 0.15) is 11.1 Å². The summed E-state index contributed by atoms with van der Waals surface area (Å²) in [4.78, 5) is 0. The van der Waals surface area contributed by atoms with E-state index in [0.29, 0.717) is 11.1 Å². The number of rotatable bonds is 2. The molecule has 1 N–H and O–H groups in total. The molecule has 1 nitrogen and oxygen atoms in total. The van der Waals surface area contributed by atoms with E-state index in [1.54, 1.807) is 6.07 Å². The third-order valence-electron chi connectivity index (χ3n) is 1.44. The normalized spacial score (nSPS) is 10.1. The molecule has 0 radical (unpaired) electrons. The van der Waals surface area contributed by atoms with Crippen molar-refractivity contribution in [3.8, 4) is 0 Å². The Balaban J connectivity index is 3.02. The van der Waals surface area contributed by atoms with Gasteiger partial charge in [-0.15, -0.1) is 11.6 Å². The van der Waals surface area contributed by atoms with Crippen LogP contribution in [0.15, 0.2) is 18.2 Å². The molecule has 0 unspecified atom stereocenters. The third-order valence-corrected chi connectivity index (χ3v) is 1.72. The number of benzene rings is 1. The van der Waals surface area contributed by atoms with Crippen LogP contribution in [0.4, 0.5) is 4.39 Å². The predicted octanol–water partition coefficient (Wildman–Crippen LogP) is 2.06. The first-order chi connectivity index (χ1) is 5.27. The fourth-order valence-electron chi connectivity index (χ4n) is 0.829. The summed E-state index contributed by atoms with van der Waals surface area (Å²) in [5.74, 6) is -0.183. The first kappa shape index (κ1) is 8.50. The maximum atomic E-state index is 12.7. The molecule has 0 aliphatic rings. The van der Waals surface area contributed by atoms with Crippen LogP contribution in [0.3, 0.4) is 0 Å². The molecule has 3 heteroatoms. The van der Waals surface area contributed by atoms with Crippen LogP contribution in [0.5, 0.6) is 0 Å². The number of aliphatic hydroxyl groups excluding tert-OH is 1. The lowest BCUT2D eigenvalue weighted by Crippen LogP contribution is -1.89. The summed E-state index contributed by atoms with van der Waals surface area (Å²) in [5, 5.41) is 8.68. The highest BCUT2D eigenvalue weighted by Gasteiger charge is 2.00. The van der Waals surface area contributed by atoms with Crippen molar-refractivity contribution in [2.75, 3.05) is 0 Å². The molecule has 0 fully saturated rings. The molecule has 0 amide bonds. The Morgan fingerprint density at radius 3 is 2.73 bits per heavy atom. The van der Waals surface area contributed by atoms with Crippen LogP contribution >= 0.6 is 11.6 Å². The maximum absolute atomic E-state index is 12.7. The predicted molar refractivity (Wildman–Crippen MR) is 41.9 cm³/mol. The molecule has 0 heterocycles. The van der Waals surface area contributed by atoms with Gasteiger partial charge >= 0.3 is 0 Å². The molecule has 0 saturated heterocycles. The van der Waals surface area contributed by atoms with Crippen LogP contribution in [-0.2, 0) is 12.5 Å². The van der Waals surface area contributed by atoms with E-state index >= 15 is 0 Å². The largest absolute Gasteiger partial charge is 0.392 e. The minimum Gasteiger partial charge on any atom is -0.392 e. The zero-order valence-corrected chi connectivity index (χ0v) is 6.61. The quantitative estimate of drug-likeness (QED) is 0.681. The SMILES string of the molecule is OCc1ccc(F)c(CCl)c1. The van der Waals surface area contributed by atoms with E-state index in [1.165, 1.54) is 12.1 Å². The van der Waals surface area contributed by atoms with E-state index in [0.717, 1.165) is 0 Å². The summed E-state index contributed by atoms with van der Waals surface area (Å²) in [7, 11) is 0. The van der Waals surface area contributed by atoms with E-state index in [9.17, 15) is 4.39 Å². The fourth-order valence-corrected chi connectivity index (χ4v) is 1.03. The average Bonchev–Trinajstić information content (AvgIpc) is 2.05. The minimum absolute atomic E-state index is 0.0792. The van der Waals surface area contributed by atoms with Crippen molar-refractivity contribution in [3.05, 3.63) is 35.1 Å². The van der Waals surface area contributed by atoms with Crippen LogP contribution in [0.25, 0.3) is 0 Å². The second-order valence-corrected chi connectivity index (χ2v) is 2.48. The molecule has 0 saturated carbocycles. The highest BCUT2D eigenvalue weighted by atomic mass is 35.5. The summed E-state index contributed by atoms with van der Waals surface area (Å²) in [6.45, 7) is -0.0792. The van der Waals surface area contributed by atoms with Gasteiger partial charge in [-0.1, -0.05) is 6.07 Å². The zero-order chi connectivity index (χ0) is 8.27. The van der Waals surface area contributed by atoms with Crippen LogP contribution < -0.4 is 0 Å². The number of hydrogen-bond donors (Lipinski definition) is 1. The summed E-state index contributed by atoms with van der Waals surface area (Å²) in [5.41, 5.74) is 1.11. The molecule has 60 valence electrons. The molecule has 1 aromatic rings. The first-order valence-corrected chi connectivity index (χ1v) is 3.75. The average molecular weight is 175 g/mol. The van der Waals surface area contributed by atoms with Crippen molar-refractivity contribution < 1.29 is 9.50 Å². The molecule has 0 bridgehead atoms. The van der Waals surface area contributed by atoms with Gasteiger partial charge in [-0.05, 0) is 17.7 Å². The van der Waals surface area contributed by atoms with Gasteiger partial charge in [0.25, 0.3) is 0 Å². The lowest BCUT2D eigenvalue weighted by molar-refractivity contribution is 0.281. The molecule has 1 aromatic carbocycles. The van der Waals surface area contributed by atoms with Gasteiger partial charge < -0.3 is 5.11 Å². The molecule has 11 heavy (non-hydrogen) atoms. The van der Waals surface area contributed by atoms with Crippen molar-refractivity contribution in [2.45, 2.75) is 12.5 Å². The van der Waals surface area contributed by atoms with E-state index in [2.05, 4.69) is 0 Å². The standard InChI is InChI=1S/C8H8ClFO/c9-4-7-3-6(5-11)1-2-8(7)10/h1-3,11H,4-5H2. The van der Waals surface area contributed by atoms with Gasteiger partial charge in [-0.2, -0.15) is 0 Å². The smallest absolute Gasteiger partial charge is 0.127 e. The molecular formula is C8H8ClFO. The van der Waals surface area contributed by atoms with Gasteiger partial charge in [0.2, 0.25) is 0 Å². The lowest BCUT2D eigenvalue weighted by Gasteiger charge is -2.00. The number of halogens is 2. The van der Waals surface area contributed by atoms with Gasteiger partial charge in [0.1, 0.15) is 5.82 Å². The lowest BCUT2D eigenvalue weighted by atomic mass is 10.1. The Morgan fingerprint density at radius 2 is 2.18 bits per heavy atom. The Morgan fingerprint density at radius 1 is 1.45 bits per heavy atom. The maximum Gasteiger partial charge on any atom is 0.127 e. The molecule has 1 rings (SSSR count). The van der Waals surface area contributed by atoms with Crippen molar-refractivity contribution in [3.63, 3.8) is 0 Å². The van der Waals surface area contributed by atoms with Crippen LogP contribution in [0, 0.1) is 5.82 Å². The second kappa shape index (κ2) is 3.69. The summed E-state index contributed by atoms with van der Waals surface area (Å²) < 4.78 is 12.7. The van der Waals surface area contributed by atoms with Crippen molar-refractivity contribution in [1.82, 2.24) is 0 Å². The van der Waals surface area contributed by atoms with Crippen molar-refractivity contribution in [2.24, 2.45) is 0 Å². The van der Waals surface area contributed by atoms with E-state index < -0.39 is 0 Å². The molecule has 0 aliphatic heterocycles. The number of hydrogen-bond acceptors (Lipinski definition) is 1. The zero-order valence-electron chi connectivity index (χ0n) is 5.85. The molecule has 0 aliphatic carbocycles. The van der Waals surface area contributed by atoms with Gasteiger partial charge in [-0.25, -0.2) is 4.39 Å². The van der Waals surface area contributed by atoms with Crippen LogP contribution in [0.2, 0.25) is 0 Å². The van der Waals surface area contributed by atoms with Gasteiger partial charge in [0, 0.05) is 5.56 Å². The van der Waals surface area contributed by atoms with Gasteiger partial charge in [0.15, 0.2) is 0 Å². The fraction of sp³-hybridized carbons (Fsp3) is 0.250. The molecule has 0 spiro atoms. The topological polar surface area (TPSA) is 20.2 Å². The Kier molecular flexibility index (Phi) is 2.85. The van der Waals surface area contributed by atoms with E-state index in [4.69, 9.17) is 16.7 Å². The Labute approximate surface area is 69.4 Å². The second-order valence-electron chi connectivity index (χ2n) is 2.22. The first-order valence-electron chi connectivity index (χ1n) is 3.22. The minimum atomic E-state index is -0.322. The molecule has 0 aromatic heterocycles. The third kappa shape index (κ3) is 1.91. The van der Waals surface area contributed by atoms with Gasteiger partial charge in [0.05, 0.1) is 12.5 Å². The van der Waals surface area contributed by atoms with Gasteiger partial charge in [-0.3, -0.25) is 0 Å².